The first-order valence-electron chi connectivity index (χ1n) is 5.79. The molecule has 0 aliphatic carbocycles. The number of ether oxygens (including phenoxy) is 1. The van der Waals surface area contributed by atoms with E-state index in [0.717, 1.165) is 6.07 Å². The van der Waals surface area contributed by atoms with Gasteiger partial charge in [-0.25, -0.2) is 4.39 Å². The van der Waals surface area contributed by atoms with E-state index in [1.54, 1.807) is 24.3 Å². The SMILES string of the molecule is COc1ccccc1NC(=O)c1ccc(C#N)cc1F. The number of hydrogen-bond acceptors (Lipinski definition) is 3. The fourth-order valence-corrected chi connectivity index (χ4v) is 1.71. The summed E-state index contributed by atoms with van der Waals surface area (Å²) in [5.41, 5.74) is 0.481. The quantitative estimate of drug-likeness (QED) is 0.932. The monoisotopic (exact) mass is 270 g/mol. The fraction of sp³-hybridized carbons (Fsp3) is 0.0667. The smallest absolute Gasteiger partial charge is 0.258 e. The lowest BCUT2D eigenvalue weighted by atomic mass is 10.1. The molecule has 1 N–H and O–H groups in total. The molecule has 0 heterocycles. The van der Waals surface area contributed by atoms with E-state index in [1.807, 2.05) is 6.07 Å². The molecule has 0 saturated carbocycles. The summed E-state index contributed by atoms with van der Waals surface area (Å²) in [6, 6.07) is 12.3. The Morgan fingerprint density at radius 3 is 2.70 bits per heavy atom. The second-order valence-electron chi connectivity index (χ2n) is 3.96. The molecule has 100 valence electrons. The molecular formula is C15H11FN2O2. The third kappa shape index (κ3) is 2.75. The Bertz CT molecular complexity index is 693. The van der Waals surface area contributed by atoms with Gasteiger partial charge in [-0.05, 0) is 30.3 Å². The standard InChI is InChI=1S/C15H11FN2O2/c1-20-14-5-3-2-4-13(14)18-15(19)11-7-6-10(9-17)8-12(11)16/h2-8H,1H3,(H,18,19). The fourth-order valence-electron chi connectivity index (χ4n) is 1.71. The molecule has 20 heavy (non-hydrogen) atoms. The van der Waals surface area contributed by atoms with Crippen molar-refractivity contribution in [1.29, 1.82) is 5.26 Å². The molecule has 2 aromatic carbocycles. The summed E-state index contributed by atoms with van der Waals surface area (Å²) in [7, 11) is 1.48. The lowest BCUT2D eigenvalue weighted by Crippen LogP contribution is -2.14. The average molecular weight is 270 g/mol. The molecule has 0 bridgehead atoms. The first-order valence-corrected chi connectivity index (χ1v) is 5.79. The number of methoxy groups -OCH3 is 1. The van der Waals surface area contributed by atoms with Crippen LogP contribution in [0.1, 0.15) is 15.9 Å². The Balaban J connectivity index is 2.27. The second-order valence-corrected chi connectivity index (χ2v) is 3.96. The van der Waals surface area contributed by atoms with Crippen molar-refractivity contribution in [2.24, 2.45) is 0 Å². The van der Waals surface area contributed by atoms with Crippen LogP contribution in [0.25, 0.3) is 0 Å². The van der Waals surface area contributed by atoms with E-state index >= 15 is 0 Å². The summed E-state index contributed by atoms with van der Waals surface area (Å²) < 4.78 is 18.8. The Morgan fingerprint density at radius 1 is 1.30 bits per heavy atom. The Hall–Kier alpha value is -2.87. The highest BCUT2D eigenvalue weighted by molar-refractivity contribution is 6.05. The molecule has 2 rings (SSSR count). The lowest BCUT2D eigenvalue weighted by molar-refractivity contribution is 0.102. The van der Waals surface area contributed by atoms with Crippen molar-refractivity contribution >= 4 is 11.6 Å². The molecule has 0 saturated heterocycles. The third-order valence-electron chi connectivity index (χ3n) is 2.70. The van der Waals surface area contributed by atoms with Gasteiger partial charge in [0.25, 0.3) is 5.91 Å². The molecular weight excluding hydrogens is 259 g/mol. The third-order valence-corrected chi connectivity index (χ3v) is 2.70. The van der Waals surface area contributed by atoms with Crippen molar-refractivity contribution in [3.05, 3.63) is 59.4 Å². The number of nitriles is 1. The highest BCUT2D eigenvalue weighted by Gasteiger charge is 2.14. The van der Waals surface area contributed by atoms with Gasteiger partial charge < -0.3 is 10.1 Å². The number of benzene rings is 2. The molecule has 0 atom stereocenters. The van der Waals surface area contributed by atoms with E-state index in [0.29, 0.717) is 11.4 Å². The molecule has 0 radical (unpaired) electrons. The van der Waals surface area contributed by atoms with Crippen LogP contribution in [-0.4, -0.2) is 13.0 Å². The summed E-state index contributed by atoms with van der Waals surface area (Å²) in [6.07, 6.45) is 0. The van der Waals surface area contributed by atoms with Gasteiger partial charge in [0.05, 0.1) is 30.0 Å². The van der Waals surface area contributed by atoms with Crippen LogP contribution in [0.5, 0.6) is 5.75 Å². The van der Waals surface area contributed by atoms with Gasteiger partial charge in [0.1, 0.15) is 11.6 Å². The van der Waals surface area contributed by atoms with Gasteiger partial charge in [-0.2, -0.15) is 5.26 Å². The number of nitrogens with one attached hydrogen (secondary N) is 1. The minimum absolute atomic E-state index is 0.130. The summed E-state index contributed by atoms with van der Waals surface area (Å²) in [5.74, 6) is -0.858. The molecule has 1 amide bonds. The van der Waals surface area contributed by atoms with Gasteiger partial charge in [0.2, 0.25) is 0 Å². The number of anilines is 1. The first kappa shape index (κ1) is 13.6. The van der Waals surface area contributed by atoms with Crippen LogP contribution in [-0.2, 0) is 0 Å². The molecule has 0 aliphatic rings. The number of halogens is 1. The normalized spacial score (nSPS) is 9.65. The Labute approximate surface area is 115 Å². The topological polar surface area (TPSA) is 62.1 Å². The summed E-state index contributed by atoms with van der Waals surface area (Å²) in [4.78, 5) is 12.0. The number of para-hydroxylation sites is 2. The van der Waals surface area contributed by atoms with Gasteiger partial charge in [0.15, 0.2) is 0 Å². The molecule has 0 unspecified atom stereocenters. The van der Waals surface area contributed by atoms with Gasteiger partial charge in [-0.15, -0.1) is 0 Å². The molecule has 0 spiro atoms. The Kier molecular flexibility index (Phi) is 3.96. The van der Waals surface area contributed by atoms with E-state index in [2.05, 4.69) is 5.32 Å². The highest BCUT2D eigenvalue weighted by atomic mass is 19.1. The minimum atomic E-state index is -0.739. The van der Waals surface area contributed by atoms with Gasteiger partial charge >= 0.3 is 0 Å². The minimum Gasteiger partial charge on any atom is -0.495 e. The zero-order valence-electron chi connectivity index (χ0n) is 10.7. The lowest BCUT2D eigenvalue weighted by Gasteiger charge is -2.10. The van der Waals surface area contributed by atoms with Crippen LogP contribution in [0, 0.1) is 17.1 Å². The van der Waals surface area contributed by atoms with Crippen molar-refractivity contribution in [1.82, 2.24) is 0 Å². The van der Waals surface area contributed by atoms with E-state index in [9.17, 15) is 9.18 Å². The zero-order chi connectivity index (χ0) is 14.5. The number of rotatable bonds is 3. The van der Waals surface area contributed by atoms with Crippen molar-refractivity contribution in [3.63, 3.8) is 0 Å². The van der Waals surface area contributed by atoms with Gasteiger partial charge in [-0.1, -0.05) is 12.1 Å². The van der Waals surface area contributed by atoms with Crippen LogP contribution >= 0.6 is 0 Å². The summed E-state index contributed by atoms with van der Waals surface area (Å²) >= 11 is 0. The van der Waals surface area contributed by atoms with Crippen LogP contribution in [0.4, 0.5) is 10.1 Å². The Morgan fingerprint density at radius 2 is 2.05 bits per heavy atom. The zero-order valence-corrected chi connectivity index (χ0v) is 10.7. The number of hydrogen-bond donors (Lipinski definition) is 1. The largest absolute Gasteiger partial charge is 0.495 e. The molecule has 2 aromatic rings. The van der Waals surface area contributed by atoms with Crippen molar-refractivity contribution in [2.45, 2.75) is 0 Å². The highest BCUT2D eigenvalue weighted by Crippen LogP contribution is 2.24. The number of amides is 1. The van der Waals surface area contributed by atoms with Crippen LogP contribution < -0.4 is 10.1 Å². The van der Waals surface area contributed by atoms with Gasteiger partial charge in [0, 0.05) is 0 Å². The van der Waals surface area contributed by atoms with Crippen LogP contribution in [0.2, 0.25) is 0 Å². The first-order chi connectivity index (χ1) is 9.65. The summed E-state index contributed by atoms with van der Waals surface area (Å²) in [5, 5.41) is 11.2. The molecule has 5 heteroatoms. The van der Waals surface area contributed by atoms with Crippen molar-refractivity contribution < 1.29 is 13.9 Å². The average Bonchev–Trinajstić information content (AvgIpc) is 2.47. The summed E-state index contributed by atoms with van der Waals surface area (Å²) in [6.45, 7) is 0. The van der Waals surface area contributed by atoms with Crippen LogP contribution in [0.3, 0.4) is 0 Å². The van der Waals surface area contributed by atoms with E-state index < -0.39 is 11.7 Å². The van der Waals surface area contributed by atoms with Crippen molar-refractivity contribution in [3.8, 4) is 11.8 Å². The number of carbonyl (C=O) groups is 1. The second kappa shape index (κ2) is 5.85. The van der Waals surface area contributed by atoms with E-state index in [4.69, 9.17) is 10.00 Å². The predicted molar refractivity (Wildman–Crippen MR) is 72.1 cm³/mol. The van der Waals surface area contributed by atoms with Gasteiger partial charge in [-0.3, -0.25) is 4.79 Å². The maximum Gasteiger partial charge on any atom is 0.258 e. The molecule has 4 nitrogen and oxygen atoms in total. The number of nitrogens with zero attached hydrogens (tertiary/aromatic N) is 1. The molecule has 0 aliphatic heterocycles. The van der Waals surface area contributed by atoms with E-state index in [-0.39, 0.29) is 11.1 Å². The van der Waals surface area contributed by atoms with Crippen molar-refractivity contribution in [2.75, 3.05) is 12.4 Å². The predicted octanol–water partition coefficient (Wildman–Crippen LogP) is 2.96. The maximum atomic E-state index is 13.7. The maximum absolute atomic E-state index is 13.7. The molecule has 0 fully saturated rings. The molecule has 0 aromatic heterocycles. The van der Waals surface area contributed by atoms with E-state index in [1.165, 1.54) is 19.2 Å². The van der Waals surface area contributed by atoms with Crippen LogP contribution in [0.15, 0.2) is 42.5 Å². The number of carbonyl (C=O) groups excluding carboxylic acids is 1.